The fourth-order valence-corrected chi connectivity index (χ4v) is 4.38. The molecule has 0 saturated heterocycles. The molecule has 24 heavy (non-hydrogen) atoms. The number of hydrogen-bond acceptors (Lipinski definition) is 5. The highest BCUT2D eigenvalue weighted by atomic mass is 32.2. The standard InChI is InChI=1S/C17H16N4OS2/c18-15(22)14(11-5-2-1-3-6-11)24-17-20-19-16(13-7-4-10-23-13)21(17)12-8-9-12/h1-7,10,12,14H,8-9H2,(H2,18,22)/t14-/m1/s1. The van der Waals surface area contributed by atoms with Crippen LogP contribution in [-0.2, 0) is 4.79 Å². The molecule has 1 aliphatic carbocycles. The molecule has 0 radical (unpaired) electrons. The highest BCUT2D eigenvalue weighted by Gasteiger charge is 2.32. The van der Waals surface area contributed by atoms with Crippen molar-refractivity contribution in [3.8, 4) is 10.7 Å². The summed E-state index contributed by atoms with van der Waals surface area (Å²) in [4.78, 5) is 13.1. The van der Waals surface area contributed by atoms with E-state index in [1.54, 1.807) is 11.3 Å². The van der Waals surface area contributed by atoms with Gasteiger partial charge in [0.15, 0.2) is 11.0 Å². The Balaban J connectivity index is 1.70. The number of thiophene rings is 1. The Morgan fingerprint density at radius 2 is 2.00 bits per heavy atom. The van der Waals surface area contributed by atoms with Crippen molar-refractivity contribution < 1.29 is 4.79 Å². The van der Waals surface area contributed by atoms with Crippen LogP contribution in [0.1, 0.15) is 29.7 Å². The summed E-state index contributed by atoms with van der Waals surface area (Å²) in [6.45, 7) is 0. The summed E-state index contributed by atoms with van der Waals surface area (Å²) in [5, 5.41) is 11.1. The van der Waals surface area contributed by atoms with Crippen LogP contribution < -0.4 is 5.73 Å². The number of nitrogens with zero attached hydrogens (tertiary/aromatic N) is 3. The smallest absolute Gasteiger partial charge is 0.235 e. The first-order valence-electron chi connectivity index (χ1n) is 7.73. The third-order valence-corrected chi connectivity index (χ3v) is 6.00. The van der Waals surface area contributed by atoms with Gasteiger partial charge in [0.2, 0.25) is 5.91 Å². The van der Waals surface area contributed by atoms with Crippen LogP contribution in [0.4, 0.5) is 0 Å². The Labute approximate surface area is 147 Å². The van der Waals surface area contributed by atoms with Gasteiger partial charge >= 0.3 is 0 Å². The van der Waals surface area contributed by atoms with Crippen LogP contribution in [0.3, 0.4) is 0 Å². The van der Waals surface area contributed by atoms with E-state index in [1.807, 2.05) is 47.8 Å². The van der Waals surface area contributed by atoms with Crippen LogP contribution in [0.2, 0.25) is 0 Å². The molecule has 2 heterocycles. The minimum atomic E-state index is -0.468. The number of carbonyl (C=O) groups excluding carboxylic acids is 1. The van der Waals surface area contributed by atoms with E-state index in [-0.39, 0.29) is 5.91 Å². The maximum absolute atomic E-state index is 12.0. The number of thioether (sulfide) groups is 1. The summed E-state index contributed by atoms with van der Waals surface area (Å²) in [6.07, 6.45) is 2.24. The molecule has 1 aliphatic rings. The number of rotatable bonds is 6. The molecular formula is C17H16N4OS2. The lowest BCUT2D eigenvalue weighted by atomic mass is 10.1. The van der Waals surface area contributed by atoms with E-state index in [0.29, 0.717) is 6.04 Å². The Morgan fingerprint density at radius 1 is 1.21 bits per heavy atom. The summed E-state index contributed by atoms with van der Waals surface area (Å²) in [7, 11) is 0. The fourth-order valence-electron chi connectivity index (χ4n) is 2.62. The fraction of sp³-hybridized carbons (Fsp3) is 0.235. The monoisotopic (exact) mass is 356 g/mol. The highest BCUT2D eigenvalue weighted by molar-refractivity contribution is 8.00. The first kappa shape index (κ1) is 15.4. The van der Waals surface area contributed by atoms with Crippen molar-refractivity contribution in [1.82, 2.24) is 14.8 Å². The molecule has 1 saturated carbocycles. The number of benzene rings is 1. The van der Waals surface area contributed by atoms with E-state index in [0.717, 1.165) is 34.3 Å². The highest BCUT2D eigenvalue weighted by Crippen LogP contribution is 2.44. The van der Waals surface area contributed by atoms with Crippen LogP contribution >= 0.6 is 23.1 Å². The maximum atomic E-state index is 12.0. The average Bonchev–Trinajstić information content (AvgIpc) is 3.11. The van der Waals surface area contributed by atoms with Gasteiger partial charge in [0.1, 0.15) is 5.25 Å². The second-order valence-corrected chi connectivity index (χ2v) is 7.72. The normalized spacial score (nSPS) is 15.3. The van der Waals surface area contributed by atoms with Crippen molar-refractivity contribution >= 4 is 29.0 Å². The van der Waals surface area contributed by atoms with Crippen LogP contribution in [0.15, 0.2) is 53.0 Å². The van der Waals surface area contributed by atoms with Crippen molar-refractivity contribution in [2.75, 3.05) is 0 Å². The van der Waals surface area contributed by atoms with Crippen LogP contribution in [0.25, 0.3) is 10.7 Å². The Morgan fingerprint density at radius 3 is 2.62 bits per heavy atom. The molecule has 3 aromatic rings. The molecular weight excluding hydrogens is 340 g/mol. The SMILES string of the molecule is NC(=O)[C@H](Sc1nnc(-c2cccs2)n1C1CC1)c1ccccc1. The van der Waals surface area contributed by atoms with Crippen molar-refractivity contribution in [1.29, 1.82) is 0 Å². The van der Waals surface area contributed by atoms with Gasteiger partial charge in [-0.25, -0.2) is 0 Å². The zero-order valence-corrected chi connectivity index (χ0v) is 14.5. The van der Waals surface area contributed by atoms with Crippen molar-refractivity contribution in [2.24, 2.45) is 5.73 Å². The van der Waals surface area contributed by atoms with E-state index in [4.69, 9.17) is 5.73 Å². The molecule has 0 unspecified atom stereocenters. The third kappa shape index (κ3) is 2.97. The van der Waals surface area contributed by atoms with Crippen LogP contribution in [0.5, 0.6) is 0 Å². The summed E-state index contributed by atoms with van der Waals surface area (Å²) < 4.78 is 2.16. The van der Waals surface area contributed by atoms with E-state index in [1.165, 1.54) is 11.8 Å². The van der Waals surface area contributed by atoms with Gasteiger partial charge in [-0.05, 0) is 29.9 Å². The third-order valence-electron chi connectivity index (χ3n) is 3.90. The number of primary amides is 1. The van der Waals surface area contributed by atoms with Gasteiger partial charge in [-0.15, -0.1) is 21.5 Å². The maximum Gasteiger partial charge on any atom is 0.235 e. The van der Waals surface area contributed by atoms with Gasteiger partial charge in [-0.1, -0.05) is 48.2 Å². The number of hydrogen-bond donors (Lipinski definition) is 1. The van der Waals surface area contributed by atoms with Crippen LogP contribution in [-0.4, -0.2) is 20.7 Å². The summed E-state index contributed by atoms with van der Waals surface area (Å²) in [5.41, 5.74) is 6.53. The van der Waals surface area contributed by atoms with Gasteiger partial charge in [-0.2, -0.15) is 0 Å². The molecule has 122 valence electrons. The lowest BCUT2D eigenvalue weighted by molar-refractivity contribution is -0.117. The first-order valence-corrected chi connectivity index (χ1v) is 9.49. The lowest BCUT2D eigenvalue weighted by Crippen LogP contribution is -2.19. The average molecular weight is 356 g/mol. The van der Waals surface area contributed by atoms with Crippen LogP contribution in [0, 0.1) is 0 Å². The Hall–Kier alpha value is -2.12. The molecule has 1 amide bonds. The molecule has 0 spiro atoms. The van der Waals surface area contributed by atoms with Gasteiger partial charge in [0.25, 0.3) is 0 Å². The predicted octanol–water partition coefficient (Wildman–Crippen LogP) is 3.66. The summed E-state index contributed by atoms with van der Waals surface area (Å²) in [6, 6.07) is 14.1. The van der Waals surface area contributed by atoms with E-state index < -0.39 is 5.25 Å². The summed E-state index contributed by atoms with van der Waals surface area (Å²) in [5.74, 6) is 0.514. The molecule has 5 nitrogen and oxygen atoms in total. The van der Waals surface area contributed by atoms with E-state index in [2.05, 4.69) is 14.8 Å². The number of amides is 1. The minimum Gasteiger partial charge on any atom is -0.368 e. The Kier molecular flexibility index (Phi) is 4.12. The van der Waals surface area contributed by atoms with Gasteiger partial charge in [0.05, 0.1) is 4.88 Å². The second-order valence-electron chi connectivity index (χ2n) is 5.70. The topological polar surface area (TPSA) is 73.8 Å². The molecule has 0 bridgehead atoms. The van der Waals surface area contributed by atoms with Gasteiger partial charge in [0, 0.05) is 6.04 Å². The summed E-state index contributed by atoms with van der Waals surface area (Å²) >= 11 is 3.03. The molecule has 4 rings (SSSR count). The number of nitrogens with two attached hydrogens (primary N) is 1. The minimum absolute atomic E-state index is 0.366. The zero-order valence-electron chi connectivity index (χ0n) is 12.8. The van der Waals surface area contributed by atoms with E-state index in [9.17, 15) is 4.79 Å². The zero-order chi connectivity index (χ0) is 16.5. The molecule has 2 N–H and O–H groups in total. The quantitative estimate of drug-likeness (QED) is 0.684. The molecule has 1 aromatic carbocycles. The lowest BCUT2D eigenvalue weighted by Gasteiger charge is -2.14. The second kappa shape index (κ2) is 6.41. The molecule has 2 aromatic heterocycles. The number of aromatic nitrogens is 3. The largest absolute Gasteiger partial charge is 0.368 e. The molecule has 0 aliphatic heterocycles. The molecule has 7 heteroatoms. The number of carbonyl (C=O) groups is 1. The van der Waals surface area contributed by atoms with E-state index >= 15 is 0 Å². The van der Waals surface area contributed by atoms with Crippen molar-refractivity contribution in [3.05, 3.63) is 53.4 Å². The molecule has 1 fully saturated rings. The first-order chi connectivity index (χ1) is 11.7. The van der Waals surface area contributed by atoms with Crippen molar-refractivity contribution in [3.63, 3.8) is 0 Å². The predicted molar refractivity (Wildman–Crippen MR) is 95.8 cm³/mol. The Bertz CT molecular complexity index is 841. The van der Waals surface area contributed by atoms with Gasteiger partial charge in [-0.3, -0.25) is 9.36 Å². The van der Waals surface area contributed by atoms with Gasteiger partial charge < -0.3 is 5.73 Å². The van der Waals surface area contributed by atoms with Crippen molar-refractivity contribution in [2.45, 2.75) is 29.3 Å². The molecule has 1 atom stereocenters.